The average molecular weight is 205 g/mol. The standard InChI is InChI=1S/C7H7N.C5H8O2/c1-2-3-4-5-6-7-8;1-4(2)5(6)7-3/h2-6H,1H2;1H2,2-3H3. The Morgan fingerprint density at radius 2 is 2.00 bits per heavy atom. The van der Waals surface area contributed by atoms with Crippen LogP contribution >= 0.6 is 0 Å². The van der Waals surface area contributed by atoms with Gasteiger partial charge in [0.25, 0.3) is 0 Å². The van der Waals surface area contributed by atoms with Crippen LogP contribution in [0.1, 0.15) is 6.92 Å². The van der Waals surface area contributed by atoms with Gasteiger partial charge in [-0.15, -0.1) is 0 Å². The smallest absolute Gasteiger partial charge is 0.332 e. The molecule has 0 saturated carbocycles. The Kier molecular flexibility index (Phi) is 12.2. The van der Waals surface area contributed by atoms with E-state index in [0.29, 0.717) is 5.57 Å². The van der Waals surface area contributed by atoms with Crippen LogP contribution in [0.4, 0.5) is 0 Å². The third-order valence-corrected chi connectivity index (χ3v) is 1.06. The van der Waals surface area contributed by atoms with Gasteiger partial charge in [0.15, 0.2) is 0 Å². The van der Waals surface area contributed by atoms with Gasteiger partial charge in [-0.25, -0.2) is 4.79 Å². The quantitative estimate of drug-likeness (QED) is 0.308. The van der Waals surface area contributed by atoms with Crippen LogP contribution < -0.4 is 0 Å². The minimum atomic E-state index is -0.347. The molecule has 0 amide bonds. The highest BCUT2D eigenvalue weighted by molar-refractivity contribution is 5.86. The van der Waals surface area contributed by atoms with Gasteiger partial charge < -0.3 is 4.74 Å². The highest BCUT2D eigenvalue weighted by Gasteiger charge is 1.95. The van der Waals surface area contributed by atoms with E-state index in [-0.39, 0.29) is 5.97 Å². The number of hydrogen-bond donors (Lipinski definition) is 0. The molecule has 0 spiro atoms. The molecule has 0 aliphatic rings. The van der Waals surface area contributed by atoms with Crippen molar-refractivity contribution in [3.8, 4) is 6.07 Å². The summed E-state index contributed by atoms with van der Waals surface area (Å²) in [6.07, 6.45) is 8.22. The molecule has 0 N–H and O–H groups in total. The van der Waals surface area contributed by atoms with Gasteiger partial charge in [-0.05, 0) is 6.92 Å². The number of carbonyl (C=O) groups excluding carboxylic acids is 1. The molecule has 0 bridgehead atoms. The first-order valence-electron chi connectivity index (χ1n) is 4.17. The number of rotatable bonds is 3. The van der Waals surface area contributed by atoms with Gasteiger partial charge in [0, 0.05) is 11.6 Å². The number of ether oxygens (including phenoxy) is 1. The number of allylic oxidation sites excluding steroid dienone is 5. The lowest BCUT2D eigenvalue weighted by Crippen LogP contribution is -1.98. The van der Waals surface area contributed by atoms with E-state index in [1.165, 1.54) is 13.2 Å². The lowest BCUT2D eigenvalue weighted by molar-refractivity contribution is -0.136. The molecule has 0 radical (unpaired) electrons. The minimum Gasteiger partial charge on any atom is -0.466 e. The zero-order valence-electron chi connectivity index (χ0n) is 9.06. The maximum Gasteiger partial charge on any atom is 0.332 e. The van der Waals surface area contributed by atoms with Crippen molar-refractivity contribution < 1.29 is 9.53 Å². The lowest BCUT2D eigenvalue weighted by Gasteiger charge is -1.91. The van der Waals surface area contributed by atoms with Crippen LogP contribution in [-0.2, 0) is 9.53 Å². The van der Waals surface area contributed by atoms with E-state index >= 15 is 0 Å². The normalized spacial score (nSPS) is 8.87. The second kappa shape index (κ2) is 11.9. The van der Waals surface area contributed by atoms with Crippen molar-refractivity contribution in [2.75, 3.05) is 7.11 Å². The summed E-state index contributed by atoms with van der Waals surface area (Å²) in [6.45, 7) is 8.41. The molecule has 0 aliphatic carbocycles. The number of hydrogen-bond acceptors (Lipinski definition) is 3. The molecule has 80 valence electrons. The summed E-state index contributed by atoms with van der Waals surface area (Å²) in [7, 11) is 1.33. The molecule has 0 fully saturated rings. The van der Waals surface area contributed by atoms with Crippen molar-refractivity contribution in [1.82, 2.24) is 0 Å². The van der Waals surface area contributed by atoms with Crippen LogP contribution in [0.2, 0.25) is 0 Å². The van der Waals surface area contributed by atoms with E-state index in [1.807, 2.05) is 6.07 Å². The molecule has 0 unspecified atom stereocenters. The van der Waals surface area contributed by atoms with Crippen molar-refractivity contribution in [1.29, 1.82) is 5.26 Å². The summed E-state index contributed by atoms with van der Waals surface area (Å²) < 4.78 is 4.27. The second-order valence-corrected chi connectivity index (χ2v) is 2.38. The van der Waals surface area contributed by atoms with E-state index in [0.717, 1.165) is 0 Å². The molecule has 15 heavy (non-hydrogen) atoms. The van der Waals surface area contributed by atoms with Crippen LogP contribution in [0.5, 0.6) is 0 Å². The summed E-state index contributed by atoms with van der Waals surface area (Å²) in [6, 6.07) is 1.86. The zero-order chi connectivity index (χ0) is 12.1. The fourth-order valence-corrected chi connectivity index (χ4v) is 0.416. The first kappa shape index (κ1) is 15.4. The van der Waals surface area contributed by atoms with Gasteiger partial charge >= 0.3 is 5.97 Å². The van der Waals surface area contributed by atoms with Gasteiger partial charge in [0.2, 0.25) is 0 Å². The van der Waals surface area contributed by atoms with Crippen molar-refractivity contribution >= 4 is 5.97 Å². The molecule has 0 aromatic rings. The van der Waals surface area contributed by atoms with Gasteiger partial charge in [-0.1, -0.05) is 37.5 Å². The van der Waals surface area contributed by atoms with Crippen LogP contribution in [0.25, 0.3) is 0 Å². The molecule has 0 aromatic heterocycles. The van der Waals surface area contributed by atoms with E-state index < -0.39 is 0 Å². The molecule has 0 heterocycles. The monoisotopic (exact) mass is 205 g/mol. The molecule has 0 aliphatic heterocycles. The third-order valence-electron chi connectivity index (χ3n) is 1.06. The number of methoxy groups -OCH3 is 1. The number of esters is 1. The average Bonchev–Trinajstić information content (AvgIpc) is 2.24. The summed E-state index contributed by atoms with van der Waals surface area (Å²) in [5.74, 6) is -0.347. The number of carbonyl (C=O) groups is 1. The molecule has 0 saturated heterocycles. The number of nitrogens with zero attached hydrogens (tertiary/aromatic N) is 1. The Bertz CT molecular complexity index is 306. The van der Waals surface area contributed by atoms with Crippen LogP contribution in [-0.4, -0.2) is 13.1 Å². The van der Waals surface area contributed by atoms with Crippen molar-refractivity contribution in [2.45, 2.75) is 6.92 Å². The fraction of sp³-hybridized carbons (Fsp3) is 0.167. The van der Waals surface area contributed by atoms with E-state index in [1.54, 1.807) is 31.2 Å². The molecular formula is C12H15NO2. The fourth-order valence-electron chi connectivity index (χ4n) is 0.416. The largest absolute Gasteiger partial charge is 0.466 e. The predicted octanol–water partition coefficient (Wildman–Crippen LogP) is 2.54. The third kappa shape index (κ3) is 14.7. The summed E-state index contributed by atoms with van der Waals surface area (Å²) in [4.78, 5) is 10.2. The van der Waals surface area contributed by atoms with Gasteiger partial charge in [0.05, 0.1) is 13.2 Å². The number of nitriles is 1. The maximum atomic E-state index is 10.2. The minimum absolute atomic E-state index is 0.347. The highest BCUT2D eigenvalue weighted by Crippen LogP contribution is 1.87. The van der Waals surface area contributed by atoms with Gasteiger partial charge in [-0.3, -0.25) is 0 Å². The summed E-state index contributed by atoms with van der Waals surface area (Å²) in [5.41, 5.74) is 0.433. The van der Waals surface area contributed by atoms with E-state index in [4.69, 9.17) is 5.26 Å². The topological polar surface area (TPSA) is 50.1 Å². The first-order valence-corrected chi connectivity index (χ1v) is 4.17. The lowest BCUT2D eigenvalue weighted by atomic mass is 10.4. The Balaban J connectivity index is 0. The molecule has 3 nitrogen and oxygen atoms in total. The zero-order valence-corrected chi connectivity index (χ0v) is 9.06. The van der Waals surface area contributed by atoms with Crippen LogP contribution in [0.3, 0.4) is 0 Å². The maximum absolute atomic E-state index is 10.2. The Labute approximate surface area is 90.7 Å². The van der Waals surface area contributed by atoms with Crippen LogP contribution in [0, 0.1) is 11.3 Å². The summed E-state index contributed by atoms with van der Waals surface area (Å²) >= 11 is 0. The van der Waals surface area contributed by atoms with E-state index in [9.17, 15) is 4.79 Å². The van der Waals surface area contributed by atoms with Crippen molar-refractivity contribution in [3.63, 3.8) is 0 Å². The highest BCUT2D eigenvalue weighted by atomic mass is 16.5. The van der Waals surface area contributed by atoms with Crippen molar-refractivity contribution in [3.05, 3.63) is 49.1 Å². The van der Waals surface area contributed by atoms with Crippen LogP contribution in [0.15, 0.2) is 49.1 Å². The first-order chi connectivity index (χ1) is 7.09. The van der Waals surface area contributed by atoms with Crippen molar-refractivity contribution in [2.24, 2.45) is 0 Å². The summed E-state index contributed by atoms with van der Waals surface area (Å²) in [5, 5.41) is 7.97. The Morgan fingerprint density at radius 1 is 1.40 bits per heavy atom. The van der Waals surface area contributed by atoms with Gasteiger partial charge in [-0.2, -0.15) is 5.26 Å². The Morgan fingerprint density at radius 3 is 2.27 bits per heavy atom. The predicted molar refractivity (Wildman–Crippen MR) is 60.9 cm³/mol. The van der Waals surface area contributed by atoms with Gasteiger partial charge in [0.1, 0.15) is 0 Å². The molecule has 0 rings (SSSR count). The molecular weight excluding hydrogens is 190 g/mol. The molecule has 0 atom stereocenters. The Hall–Kier alpha value is -2.08. The second-order valence-electron chi connectivity index (χ2n) is 2.38. The SMILES string of the molecule is C=C(C)C(=O)OC.C=CC=CC=CC#N. The van der Waals surface area contributed by atoms with E-state index in [2.05, 4.69) is 17.9 Å². The molecule has 0 aromatic carbocycles. The molecule has 3 heteroatoms.